The summed E-state index contributed by atoms with van der Waals surface area (Å²) in [7, 11) is 0. The molecule has 48 valence electrons. The summed E-state index contributed by atoms with van der Waals surface area (Å²) in [6.07, 6.45) is -2.82. The summed E-state index contributed by atoms with van der Waals surface area (Å²) < 4.78 is 45.9. The van der Waals surface area contributed by atoms with E-state index in [-0.39, 0.29) is 0 Å². The first-order chi connectivity index (χ1) is 3.40. The normalized spacial score (nSPS) is 51.4. The molecule has 0 nitrogen and oxygen atoms in total. The van der Waals surface area contributed by atoms with E-state index in [0.717, 1.165) is 0 Å². The highest BCUT2D eigenvalue weighted by Crippen LogP contribution is 2.60. The van der Waals surface area contributed by atoms with Gasteiger partial charge in [-0.15, -0.1) is 0 Å². The van der Waals surface area contributed by atoms with Crippen LogP contribution in [0, 0.1) is 0 Å². The van der Waals surface area contributed by atoms with Crippen LogP contribution in [0.3, 0.4) is 0 Å². The zero-order valence-corrected chi connectivity index (χ0v) is 4.22. The van der Waals surface area contributed by atoms with Gasteiger partial charge in [-0.3, -0.25) is 0 Å². The Hall–Kier alpha value is 0.01000. The molecule has 0 heterocycles. The van der Waals surface area contributed by atoms with Crippen LogP contribution in [0.15, 0.2) is 0 Å². The van der Waals surface area contributed by atoms with Gasteiger partial charge < -0.3 is 0 Å². The second-order valence-corrected chi connectivity index (χ2v) is 2.16. The summed E-state index contributed by atoms with van der Waals surface area (Å²) in [5.74, 6) is -3.96. The molecule has 0 N–H and O–H groups in total. The topological polar surface area (TPSA) is 0 Å². The van der Waals surface area contributed by atoms with Gasteiger partial charge in [0.2, 0.25) is 6.17 Å². The van der Waals surface area contributed by atoms with Crippen LogP contribution in [-0.2, 0) is 0 Å². The van der Waals surface area contributed by atoms with Crippen LogP contribution in [0.1, 0.15) is 0 Å². The van der Waals surface area contributed by atoms with E-state index in [9.17, 15) is 17.6 Å². The quantitative estimate of drug-likeness (QED) is 0.363. The van der Waals surface area contributed by atoms with Gasteiger partial charge in [0, 0.05) is 0 Å². The third-order valence-corrected chi connectivity index (χ3v) is 1.44. The van der Waals surface area contributed by atoms with E-state index in [1.54, 1.807) is 0 Å². The first-order valence-corrected chi connectivity index (χ1v) is 2.18. The number of hydrogen-bond acceptors (Lipinski definition) is 0. The van der Waals surface area contributed by atoms with Crippen molar-refractivity contribution in [2.24, 2.45) is 0 Å². The van der Waals surface area contributed by atoms with E-state index < -0.39 is 17.2 Å². The van der Waals surface area contributed by atoms with Crippen molar-refractivity contribution in [2.45, 2.75) is 17.2 Å². The Kier molecular flexibility index (Phi) is 0.862. The smallest absolute Gasteiger partial charge is 0.235 e. The summed E-state index contributed by atoms with van der Waals surface area (Å²) >= 11 is 4.29. The highest BCUT2D eigenvalue weighted by molar-refractivity contribution is 6.26. The Morgan fingerprint density at radius 1 is 1.25 bits per heavy atom. The van der Waals surface area contributed by atoms with Gasteiger partial charge in [0.15, 0.2) is 0 Å². The first-order valence-electron chi connectivity index (χ1n) is 1.80. The molecule has 0 bridgehead atoms. The maximum absolute atomic E-state index is 11.6. The Morgan fingerprint density at radius 2 is 1.38 bits per heavy atom. The molecular formula is C3HClF4. The number of halogens is 5. The molecule has 1 rings (SSSR count). The number of rotatable bonds is 0. The number of hydrogen-bond donors (Lipinski definition) is 0. The van der Waals surface area contributed by atoms with Crippen molar-refractivity contribution in [3.05, 3.63) is 0 Å². The molecule has 1 aliphatic rings. The van der Waals surface area contributed by atoms with E-state index in [1.165, 1.54) is 0 Å². The van der Waals surface area contributed by atoms with Crippen molar-refractivity contribution in [3.63, 3.8) is 0 Å². The average molecular weight is 148 g/mol. The van der Waals surface area contributed by atoms with Crippen LogP contribution in [0.4, 0.5) is 17.6 Å². The fraction of sp³-hybridized carbons (Fsp3) is 1.00. The van der Waals surface area contributed by atoms with E-state index in [4.69, 9.17) is 0 Å². The fourth-order valence-electron chi connectivity index (χ4n) is 0.306. The molecule has 0 saturated heterocycles. The van der Waals surface area contributed by atoms with Crippen LogP contribution >= 0.6 is 11.6 Å². The monoisotopic (exact) mass is 148 g/mol. The van der Waals surface area contributed by atoms with Gasteiger partial charge in [-0.1, -0.05) is 11.6 Å². The molecule has 5 heteroatoms. The lowest BCUT2D eigenvalue weighted by atomic mass is 10.8. The van der Waals surface area contributed by atoms with Gasteiger partial charge in [0.05, 0.1) is 0 Å². The highest BCUT2D eigenvalue weighted by Gasteiger charge is 2.85. The van der Waals surface area contributed by atoms with Crippen molar-refractivity contribution >= 4 is 11.6 Å². The Balaban J connectivity index is 2.72. The molecule has 1 saturated carbocycles. The van der Waals surface area contributed by atoms with Gasteiger partial charge in [-0.25, -0.2) is 8.78 Å². The lowest BCUT2D eigenvalue weighted by molar-refractivity contribution is 0.0606. The maximum atomic E-state index is 11.6. The minimum absolute atomic E-state index is 2.82. The van der Waals surface area contributed by atoms with Gasteiger partial charge >= 0.3 is 5.92 Å². The standard InChI is InChI=1S/C3HClF4/c4-2(6)1(5)3(2,7)8/h1H/t1-,2-/m0/s1. The van der Waals surface area contributed by atoms with Gasteiger partial charge in [-0.2, -0.15) is 8.78 Å². The van der Waals surface area contributed by atoms with Crippen molar-refractivity contribution in [2.75, 3.05) is 0 Å². The van der Waals surface area contributed by atoms with E-state index in [2.05, 4.69) is 11.6 Å². The molecule has 0 aromatic heterocycles. The number of alkyl halides is 5. The van der Waals surface area contributed by atoms with Crippen LogP contribution in [0.25, 0.3) is 0 Å². The Labute approximate surface area is 47.4 Å². The Morgan fingerprint density at radius 3 is 1.38 bits per heavy atom. The molecule has 1 fully saturated rings. The molecule has 1 aliphatic carbocycles. The summed E-state index contributed by atoms with van der Waals surface area (Å²) in [4.78, 5) is 0. The van der Waals surface area contributed by atoms with Crippen molar-refractivity contribution in [3.8, 4) is 0 Å². The van der Waals surface area contributed by atoms with Crippen molar-refractivity contribution in [1.29, 1.82) is 0 Å². The summed E-state index contributed by atoms with van der Waals surface area (Å²) in [5.41, 5.74) is 0. The summed E-state index contributed by atoms with van der Waals surface area (Å²) in [6, 6.07) is 0. The largest absolute Gasteiger partial charge is 0.333 e. The molecule has 2 atom stereocenters. The zero-order chi connectivity index (χ0) is 6.58. The minimum atomic E-state index is -3.96. The maximum Gasteiger partial charge on any atom is 0.333 e. The second kappa shape index (κ2) is 1.12. The van der Waals surface area contributed by atoms with Gasteiger partial charge in [0.1, 0.15) is 0 Å². The predicted octanol–water partition coefficient (Wildman–Crippen LogP) is 1.88. The van der Waals surface area contributed by atoms with E-state index in [0.29, 0.717) is 0 Å². The molecular weight excluding hydrogens is 147 g/mol. The Bertz CT molecular complexity index is 106. The third-order valence-electron chi connectivity index (χ3n) is 0.998. The van der Waals surface area contributed by atoms with Crippen molar-refractivity contribution < 1.29 is 17.6 Å². The lowest BCUT2D eigenvalue weighted by Crippen LogP contribution is -2.01. The second-order valence-electron chi connectivity index (χ2n) is 1.61. The third kappa shape index (κ3) is 0.417. The van der Waals surface area contributed by atoms with Crippen LogP contribution in [-0.4, -0.2) is 17.2 Å². The zero-order valence-electron chi connectivity index (χ0n) is 3.47. The fourth-order valence-corrected chi connectivity index (χ4v) is 0.484. The van der Waals surface area contributed by atoms with Crippen LogP contribution in [0.5, 0.6) is 0 Å². The SMILES string of the molecule is F[C@@H]1C(F)(F)[C@]1(F)Cl. The minimum Gasteiger partial charge on any atom is -0.235 e. The molecule has 0 amide bonds. The molecule has 0 aromatic carbocycles. The first kappa shape index (κ1) is 6.13. The average Bonchev–Trinajstić information content (AvgIpc) is 1.88. The summed E-state index contributed by atoms with van der Waals surface area (Å²) in [6.45, 7) is 0. The van der Waals surface area contributed by atoms with Crippen LogP contribution < -0.4 is 0 Å². The van der Waals surface area contributed by atoms with Gasteiger partial charge in [-0.05, 0) is 0 Å². The van der Waals surface area contributed by atoms with Crippen LogP contribution in [0.2, 0.25) is 0 Å². The molecule has 0 aliphatic heterocycles. The molecule has 0 unspecified atom stereocenters. The van der Waals surface area contributed by atoms with Gasteiger partial charge in [0.25, 0.3) is 5.13 Å². The molecule has 0 spiro atoms. The highest BCUT2D eigenvalue weighted by atomic mass is 35.5. The molecule has 8 heavy (non-hydrogen) atoms. The predicted molar refractivity (Wildman–Crippen MR) is 19.5 cm³/mol. The lowest BCUT2D eigenvalue weighted by Gasteiger charge is -1.87. The molecule has 0 radical (unpaired) electrons. The van der Waals surface area contributed by atoms with Crippen molar-refractivity contribution in [1.82, 2.24) is 0 Å². The molecule has 0 aromatic rings. The van der Waals surface area contributed by atoms with E-state index in [1.807, 2.05) is 0 Å². The van der Waals surface area contributed by atoms with E-state index >= 15 is 0 Å². The summed E-state index contributed by atoms with van der Waals surface area (Å²) in [5, 5.41) is -3.42.